The molecule has 1 amide bonds. The number of carbonyl (C=O) groups excluding carboxylic acids is 1. The Morgan fingerprint density at radius 3 is 2.62 bits per heavy atom. The highest BCUT2D eigenvalue weighted by Gasteiger charge is 2.21. The maximum atomic E-state index is 11.3. The van der Waals surface area contributed by atoms with Gasteiger partial charge >= 0.3 is 0 Å². The Bertz CT molecular complexity index is 858. The summed E-state index contributed by atoms with van der Waals surface area (Å²) in [6.07, 6.45) is 2.01. The Hall–Kier alpha value is -2.30. The number of nitrogens with two attached hydrogens (primary N) is 1. The molecule has 0 aliphatic rings. The molecule has 4 nitrogen and oxygen atoms in total. The molecule has 5 heteroatoms. The zero-order valence-corrected chi connectivity index (χ0v) is 14.2. The number of hydrogen-bond donors (Lipinski definition) is 3. The van der Waals surface area contributed by atoms with E-state index < -0.39 is 6.04 Å². The molecule has 1 aromatic heterocycles. The molecule has 0 saturated carbocycles. The van der Waals surface area contributed by atoms with E-state index in [9.17, 15) is 4.79 Å². The first-order valence-corrected chi connectivity index (χ1v) is 8.29. The first kappa shape index (κ1) is 16.6. The lowest BCUT2D eigenvalue weighted by atomic mass is 9.90. The van der Waals surface area contributed by atoms with Gasteiger partial charge in [0, 0.05) is 34.6 Å². The normalized spacial score (nSPS) is 13.8. The zero-order chi connectivity index (χ0) is 17.1. The number of fused-ring (bicyclic) bond motifs is 1. The number of carbonyl (C=O) groups is 1. The summed E-state index contributed by atoms with van der Waals surface area (Å²) >= 11 is 6.44. The summed E-state index contributed by atoms with van der Waals surface area (Å²) in [6, 6.07) is 15.5. The van der Waals surface area contributed by atoms with E-state index in [4.69, 9.17) is 17.3 Å². The number of rotatable bonds is 6. The van der Waals surface area contributed by atoms with E-state index in [-0.39, 0.29) is 11.8 Å². The highest BCUT2D eigenvalue weighted by molar-refractivity contribution is 6.31. The van der Waals surface area contributed by atoms with Gasteiger partial charge in [0.1, 0.15) is 0 Å². The van der Waals surface area contributed by atoms with Crippen LogP contribution in [0.5, 0.6) is 0 Å². The van der Waals surface area contributed by atoms with Crippen molar-refractivity contribution in [3.8, 4) is 0 Å². The van der Waals surface area contributed by atoms with E-state index in [1.165, 1.54) is 0 Å². The number of nitrogens with one attached hydrogen (secondary N) is 2. The molecule has 3 rings (SSSR count). The smallest absolute Gasteiger partial charge is 0.234 e. The number of primary amides is 1. The van der Waals surface area contributed by atoms with Gasteiger partial charge in [-0.3, -0.25) is 4.79 Å². The first-order valence-electron chi connectivity index (χ1n) is 7.91. The van der Waals surface area contributed by atoms with Crippen molar-refractivity contribution in [2.45, 2.75) is 18.9 Å². The summed E-state index contributed by atoms with van der Waals surface area (Å²) in [4.78, 5) is 14.6. The molecule has 0 radical (unpaired) electrons. The third-order valence-corrected chi connectivity index (χ3v) is 4.68. The molecular formula is C19H20ClN3O. The molecule has 0 bridgehead atoms. The SMILES string of the molecule is C[C@@H](NC[C@H](c1ccccc1Cl)c1c[nH]c2ccccc12)C(N)=O. The van der Waals surface area contributed by atoms with Crippen LogP contribution in [0.2, 0.25) is 5.02 Å². The largest absolute Gasteiger partial charge is 0.368 e. The molecule has 1 heterocycles. The summed E-state index contributed by atoms with van der Waals surface area (Å²) in [7, 11) is 0. The first-order chi connectivity index (χ1) is 11.6. The predicted octanol–water partition coefficient (Wildman–Crippen LogP) is 3.42. The van der Waals surface area contributed by atoms with Gasteiger partial charge in [0.15, 0.2) is 0 Å². The molecule has 2 aromatic carbocycles. The van der Waals surface area contributed by atoms with Gasteiger partial charge in [0.25, 0.3) is 0 Å². The number of aromatic nitrogens is 1. The summed E-state index contributed by atoms with van der Waals surface area (Å²) < 4.78 is 0. The molecule has 0 aliphatic heterocycles. The van der Waals surface area contributed by atoms with Crippen LogP contribution in [0.4, 0.5) is 0 Å². The maximum Gasteiger partial charge on any atom is 0.234 e. The molecule has 0 fully saturated rings. The fourth-order valence-electron chi connectivity index (χ4n) is 2.92. The van der Waals surface area contributed by atoms with Crippen molar-refractivity contribution in [2.24, 2.45) is 5.73 Å². The number of benzene rings is 2. The molecule has 2 atom stereocenters. The van der Waals surface area contributed by atoms with Gasteiger partial charge in [-0.05, 0) is 30.2 Å². The minimum absolute atomic E-state index is 0.0108. The number of H-pyrrole nitrogens is 1. The molecule has 0 aliphatic carbocycles. The van der Waals surface area contributed by atoms with Crippen molar-refractivity contribution in [3.05, 3.63) is 70.9 Å². The summed E-state index contributed by atoms with van der Waals surface area (Å²) in [5, 5.41) is 5.07. The van der Waals surface area contributed by atoms with Gasteiger partial charge in [-0.25, -0.2) is 0 Å². The second-order valence-electron chi connectivity index (χ2n) is 5.90. The third-order valence-electron chi connectivity index (χ3n) is 4.33. The van der Waals surface area contributed by atoms with Gasteiger partial charge in [0.05, 0.1) is 6.04 Å². The van der Waals surface area contributed by atoms with Crippen LogP contribution in [-0.2, 0) is 4.79 Å². The lowest BCUT2D eigenvalue weighted by Crippen LogP contribution is -2.40. The number of aromatic amines is 1. The van der Waals surface area contributed by atoms with Crippen LogP contribution in [0.1, 0.15) is 24.0 Å². The molecular weight excluding hydrogens is 322 g/mol. The molecule has 4 N–H and O–H groups in total. The van der Waals surface area contributed by atoms with Crippen LogP contribution < -0.4 is 11.1 Å². The van der Waals surface area contributed by atoms with Crippen molar-refractivity contribution in [1.29, 1.82) is 0 Å². The second kappa shape index (κ2) is 7.07. The minimum atomic E-state index is -0.403. The Morgan fingerprint density at radius 1 is 1.17 bits per heavy atom. The van der Waals surface area contributed by atoms with E-state index in [1.807, 2.05) is 48.7 Å². The van der Waals surface area contributed by atoms with Gasteiger partial charge in [-0.2, -0.15) is 0 Å². The van der Waals surface area contributed by atoms with E-state index in [0.29, 0.717) is 11.6 Å². The summed E-state index contributed by atoms with van der Waals surface area (Å²) in [5.41, 5.74) is 8.61. The molecule has 124 valence electrons. The Labute approximate surface area is 146 Å². The van der Waals surface area contributed by atoms with Crippen LogP contribution in [0.25, 0.3) is 10.9 Å². The van der Waals surface area contributed by atoms with Gasteiger partial charge in [-0.15, -0.1) is 0 Å². The van der Waals surface area contributed by atoms with Crippen molar-refractivity contribution >= 4 is 28.4 Å². The monoisotopic (exact) mass is 341 g/mol. The molecule has 0 spiro atoms. The van der Waals surface area contributed by atoms with Crippen LogP contribution in [-0.4, -0.2) is 23.5 Å². The lowest BCUT2D eigenvalue weighted by Gasteiger charge is -2.21. The van der Waals surface area contributed by atoms with E-state index in [0.717, 1.165) is 22.0 Å². The average molecular weight is 342 g/mol. The van der Waals surface area contributed by atoms with Gasteiger partial charge in [0.2, 0.25) is 5.91 Å². The number of amides is 1. The number of hydrogen-bond acceptors (Lipinski definition) is 2. The average Bonchev–Trinajstić information content (AvgIpc) is 3.00. The minimum Gasteiger partial charge on any atom is -0.368 e. The van der Waals surface area contributed by atoms with E-state index in [2.05, 4.69) is 16.4 Å². The van der Waals surface area contributed by atoms with Crippen molar-refractivity contribution in [2.75, 3.05) is 6.54 Å². The molecule has 24 heavy (non-hydrogen) atoms. The highest BCUT2D eigenvalue weighted by Crippen LogP contribution is 2.34. The fraction of sp³-hybridized carbons (Fsp3) is 0.211. The van der Waals surface area contributed by atoms with Crippen molar-refractivity contribution in [3.63, 3.8) is 0 Å². The fourth-order valence-corrected chi connectivity index (χ4v) is 3.19. The van der Waals surface area contributed by atoms with Crippen LogP contribution >= 0.6 is 11.6 Å². The Kier molecular flexibility index (Phi) is 4.88. The third kappa shape index (κ3) is 3.30. The lowest BCUT2D eigenvalue weighted by molar-refractivity contribution is -0.119. The van der Waals surface area contributed by atoms with Gasteiger partial charge < -0.3 is 16.0 Å². The quantitative estimate of drug-likeness (QED) is 0.643. The number of halogens is 1. The highest BCUT2D eigenvalue weighted by atomic mass is 35.5. The van der Waals surface area contributed by atoms with Crippen molar-refractivity contribution in [1.82, 2.24) is 10.3 Å². The van der Waals surface area contributed by atoms with Crippen LogP contribution in [0, 0.1) is 0 Å². The van der Waals surface area contributed by atoms with E-state index >= 15 is 0 Å². The Balaban J connectivity index is 2.02. The predicted molar refractivity (Wildman–Crippen MR) is 98.3 cm³/mol. The summed E-state index contributed by atoms with van der Waals surface area (Å²) in [5.74, 6) is -0.358. The molecule has 0 saturated heterocycles. The van der Waals surface area contributed by atoms with Crippen LogP contribution in [0.3, 0.4) is 0 Å². The maximum absolute atomic E-state index is 11.3. The van der Waals surface area contributed by atoms with E-state index in [1.54, 1.807) is 6.92 Å². The Morgan fingerprint density at radius 2 is 1.88 bits per heavy atom. The zero-order valence-electron chi connectivity index (χ0n) is 13.4. The van der Waals surface area contributed by atoms with Gasteiger partial charge in [-0.1, -0.05) is 48.0 Å². The van der Waals surface area contributed by atoms with Crippen molar-refractivity contribution < 1.29 is 4.79 Å². The van der Waals surface area contributed by atoms with Crippen LogP contribution in [0.15, 0.2) is 54.7 Å². The molecule has 0 unspecified atom stereocenters. The standard InChI is InChI=1S/C19H20ClN3O/c1-12(19(21)24)22-10-15(13-6-2-4-8-17(13)20)16-11-23-18-9-5-3-7-14(16)18/h2-9,11-12,15,22-23H,10H2,1H3,(H2,21,24)/t12-,15-/m1/s1. The number of para-hydroxylation sites is 1. The molecule has 3 aromatic rings. The topological polar surface area (TPSA) is 70.9 Å². The summed E-state index contributed by atoms with van der Waals surface area (Å²) in [6.45, 7) is 2.33. The second-order valence-corrected chi connectivity index (χ2v) is 6.30.